The average Bonchev–Trinajstić information content (AvgIpc) is 2.61. The van der Waals surface area contributed by atoms with Crippen LogP contribution in [0.4, 0.5) is 0 Å². The number of nitrogens with zero attached hydrogens (tertiary/aromatic N) is 1. The number of likely N-dealkylation sites (N-methyl/N-ethyl adjacent to an activating group) is 1. The zero-order valence-electron chi connectivity index (χ0n) is 14.4. The third-order valence-corrected chi connectivity index (χ3v) is 4.24. The van der Waals surface area contributed by atoms with Crippen molar-refractivity contribution in [2.75, 3.05) is 13.6 Å². The summed E-state index contributed by atoms with van der Waals surface area (Å²) in [6.07, 6.45) is 2.26. The maximum absolute atomic E-state index is 9.55. The van der Waals surface area contributed by atoms with E-state index in [-0.39, 0.29) is 0 Å². The summed E-state index contributed by atoms with van der Waals surface area (Å²) in [6, 6.07) is 14.8. The molecule has 0 radical (unpaired) electrons. The fraction of sp³-hybridized carbons (Fsp3) is 0.200. The molecule has 26 heavy (non-hydrogen) atoms. The Morgan fingerprint density at radius 2 is 1.65 bits per heavy atom. The molecule has 1 heterocycles. The van der Waals surface area contributed by atoms with Crippen molar-refractivity contribution in [3.05, 3.63) is 70.8 Å². The lowest BCUT2D eigenvalue weighted by Crippen LogP contribution is -2.26. The predicted molar refractivity (Wildman–Crippen MR) is 101 cm³/mol. The molecule has 1 aliphatic heterocycles. The van der Waals surface area contributed by atoms with Crippen LogP contribution in [0.1, 0.15) is 11.1 Å². The summed E-state index contributed by atoms with van der Waals surface area (Å²) in [5.74, 6) is -2.51. The quantitative estimate of drug-likeness (QED) is 0.802. The molecule has 0 saturated heterocycles. The second kappa shape index (κ2) is 9.17. The summed E-state index contributed by atoms with van der Waals surface area (Å²) in [6.45, 7) is 2.19. The van der Waals surface area contributed by atoms with Crippen LogP contribution in [0.3, 0.4) is 0 Å². The topological polar surface area (TPSA) is 77.8 Å². The van der Waals surface area contributed by atoms with E-state index in [1.54, 1.807) is 0 Å². The predicted octanol–water partition coefficient (Wildman–Crippen LogP) is 3.71. The molecule has 3 rings (SSSR count). The monoisotopic (exact) mass is 373 g/mol. The molecule has 136 valence electrons. The molecular formula is C20H20ClNO4. The van der Waals surface area contributed by atoms with E-state index >= 15 is 0 Å². The Bertz CT molecular complexity index is 799. The SMILES string of the molecule is CN1CCc2cccc(-c3ccc(Cl)cc3)c2C1.O=C(O)C=CC(=O)O. The highest BCUT2D eigenvalue weighted by atomic mass is 35.5. The van der Waals surface area contributed by atoms with Gasteiger partial charge in [-0.05, 0) is 47.9 Å². The molecule has 0 fully saturated rings. The first-order chi connectivity index (χ1) is 12.4. The molecule has 2 aromatic rings. The van der Waals surface area contributed by atoms with E-state index in [2.05, 4.69) is 42.3 Å². The molecule has 0 atom stereocenters. The highest BCUT2D eigenvalue weighted by Gasteiger charge is 2.16. The first-order valence-electron chi connectivity index (χ1n) is 8.06. The summed E-state index contributed by atoms with van der Waals surface area (Å²) in [5, 5.41) is 16.4. The van der Waals surface area contributed by atoms with E-state index in [4.69, 9.17) is 21.8 Å². The van der Waals surface area contributed by atoms with E-state index in [1.165, 1.54) is 22.3 Å². The molecule has 0 unspecified atom stereocenters. The standard InChI is InChI=1S/C16H16ClN.C4H4O4/c1-18-10-9-12-3-2-4-15(16(12)11-18)13-5-7-14(17)8-6-13;5-3(6)1-2-4(7)8/h2-8H,9-11H2,1H3;1-2H,(H,5,6)(H,7,8). The molecule has 0 saturated carbocycles. The molecule has 6 heteroatoms. The van der Waals surface area contributed by atoms with Gasteiger partial charge in [-0.15, -0.1) is 0 Å². The minimum absolute atomic E-state index is 0.558. The minimum atomic E-state index is -1.26. The van der Waals surface area contributed by atoms with Crippen LogP contribution in [-0.2, 0) is 22.6 Å². The lowest BCUT2D eigenvalue weighted by atomic mass is 9.91. The number of carboxylic acid groups (broad SMARTS) is 2. The van der Waals surface area contributed by atoms with Crippen LogP contribution in [-0.4, -0.2) is 40.6 Å². The van der Waals surface area contributed by atoms with E-state index < -0.39 is 11.9 Å². The van der Waals surface area contributed by atoms with Crippen LogP contribution >= 0.6 is 11.6 Å². The van der Waals surface area contributed by atoms with Crippen molar-refractivity contribution in [3.8, 4) is 11.1 Å². The van der Waals surface area contributed by atoms with Crippen LogP contribution in [0.5, 0.6) is 0 Å². The Morgan fingerprint density at radius 3 is 2.23 bits per heavy atom. The van der Waals surface area contributed by atoms with Gasteiger partial charge in [0.05, 0.1) is 0 Å². The molecule has 0 spiro atoms. The average molecular weight is 374 g/mol. The molecule has 2 aromatic carbocycles. The van der Waals surface area contributed by atoms with Crippen molar-refractivity contribution >= 4 is 23.5 Å². The lowest BCUT2D eigenvalue weighted by molar-refractivity contribution is -0.134. The molecule has 0 aliphatic carbocycles. The summed E-state index contributed by atoms with van der Waals surface area (Å²) >= 11 is 5.96. The number of hydrogen-bond donors (Lipinski definition) is 2. The van der Waals surface area contributed by atoms with Crippen molar-refractivity contribution in [1.82, 2.24) is 4.90 Å². The second-order valence-corrected chi connectivity index (χ2v) is 6.38. The van der Waals surface area contributed by atoms with Gasteiger partial charge in [0.25, 0.3) is 0 Å². The highest BCUT2D eigenvalue weighted by molar-refractivity contribution is 6.30. The van der Waals surface area contributed by atoms with E-state index in [9.17, 15) is 9.59 Å². The van der Waals surface area contributed by atoms with Gasteiger partial charge in [0.2, 0.25) is 0 Å². The Labute approximate surface area is 157 Å². The Morgan fingerprint density at radius 1 is 1.04 bits per heavy atom. The molecule has 1 aliphatic rings. The van der Waals surface area contributed by atoms with E-state index in [1.807, 2.05) is 12.1 Å². The van der Waals surface area contributed by atoms with E-state index in [0.29, 0.717) is 12.2 Å². The van der Waals surface area contributed by atoms with Crippen molar-refractivity contribution in [1.29, 1.82) is 0 Å². The molecule has 0 amide bonds. The van der Waals surface area contributed by atoms with Crippen molar-refractivity contribution in [3.63, 3.8) is 0 Å². The van der Waals surface area contributed by atoms with Gasteiger partial charge in [0, 0.05) is 30.3 Å². The number of fused-ring (bicyclic) bond motifs is 1. The van der Waals surface area contributed by atoms with Crippen LogP contribution < -0.4 is 0 Å². The smallest absolute Gasteiger partial charge is 0.328 e. The number of hydrogen-bond acceptors (Lipinski definition) is 3. The summed E-state index contributed by atoms with van der Waals surface area (Å²) in [5.41, 5.74) is 5.55. The zero-order chi connectivity index (χ0) is 19.1. The maximum atomic E-state index is 9.55. The summed E-state index contributed by atoms with van der Waals surface area (Å²) < 4.78 is 0. The van der Waals surface area contributed by atoms with E-state index in [0.717, 1.165) is 24.5 Å². The van der Waals surface area contributed by atoms with Crippen LogP contribution in [0.25, 0.3) is 11.1 Å². The number of carboxylic acids is 2. The largest absolute Gasteiger partial charge is 0.478 e. The number of benzene rings is 2. The lowest BCUT2D eigenvalue weighted by Gasteiger charge is -2.27. The van der Waals surface area contributed by atoms with Crippen LogP contribution in [0.2, 0.25) is 5.02 Å². The Kier molecular flexibility index (Phi) is 6.95. The zero-order valence-corrected chi connectivity index (χ0v) is 15.1. The normalized spacial score (nSPS) is 13.6. The van der Waals surface area contributed by atoms with Crippen molar-refractivity contribution in [2.45, 2.75) is 13.0 Å². The van der Waals surface area contributed by atoms with Gasteiger partial charge >= 0.3 is 11.9 Å². The number of aliphatic carboxylic acids is 2. The van der Waals surface area contributed by atoms with Crippen molar-refractivity contribution in [2.24, 2.45) is 0 Å². The van der Waals surface area contributed by atoms with Gasteiger partial charge in [-0.25, -0.2) is 9.59 Å². The molecule has 5 nitrogen and oxygen atoms in total. The van der Waals surface area contributed by atoms with Gasteiger partial charge in [-0.2, -0.15) is 0 Å². The molecular weight excluding hydrogens is 354 g/mol. The number of rotatable bonds is 3. The maximum Gasteiger partial charge on any atom is 0.328 e. The van der Waals surface area contributed by atoms with Gasteiger partial charge < -0.3 is 15.1 Å². The second-order valence-electron chi connectivity index (χ2n) is 5.95. The fourth-order valence-electron chi connectivity index (χ4n) is 2.76. The van der Waals surface area contributed by atoms with Crippen molar-refractivity contribution < 1.29 is 19.8 Å². The first kappa shape index (κ1) is 19.7. The first-order valence-corrected chi connectivity index (χ1v) is 8.44. The summed E-state index contributed by atoms with van der Waals surface area (Å²) in [7, 11) is 2.18. The minimum Gasteiger partial charge on any atom is -0.478 e. The molecule has 0 aromatic heterocycles. The number of carbonyl (C=O) groups is 2. The number of halogens is 1. The highest BCUT2D eigenvalue weighted by Crippen LogP contribution is 2.30. The van der Waals surface area contributed by atoms with Gasteiger partial charge in [0.15, 0.2) is 0 Å². The van der Waals surface area contributed by atoms with Gasteiger partial charge in [0.1, 0.15) is 0 Å². The Balaban J connectivity index is 0.000000260. The van der Waals surface area contributed by atoms with Crippen LogP contribution in [0, 0.1) is 0 Å². The third-order valence-electron chi connectivity index (χ3n) is 3.99. The Hall–Kier alpha value is -2.63. The fourth-order valence-corrected chi connectivity index (χ4v) is 2.88. The third kappa shape index (κ3) is 5.72. The molecule has 2 N–H and O–H groups in total. The molecule has 0 bridgehead atoms. The van der Waals surface area contributed by atoms with Crippen LogP contribution in [0.15, 0.2) is 54.6 Å². The van der Waals surface area contributed by atoms with Gasteiger partial charge in [-0.1, -0.05) is 41.9 Å². The summed E-state index contributed by atoms with van der Waals surface area (Å²) in [4.78, 5) is 21.5. The van der Waals surface area contributed by atoms with Gasteiger partial charge in [-0.3, -0.25) is 0 Å².